The molecule has 0 spiro atoms. The number of rotatable bonds is 5. The number of thioether (sulfide) groups is 1. The molecule has 3 N–H and O–H groups in total. The Morgan fingerprint density at radius 3 is 2.33 bits per heavy atom. The van der Waals surface area contributed by atoms with Gasteiger partial charge < -0.3 is 10.8 Å². The van der Waals surface area contributed by atoms with E-state index in [0.29, 0.717) is 5.25 Å². The maximum atomic E-state index is 8.61. The van der Waals surface area contributed by atoms with Gasteiger partial charge in [0.05, 0.1) is 0 Å². The molecule has 0 aliphatic carbocycles. The van der Waals surface area contributed by atoms with Gasteiger partial charge in [0.15, 0.2) is 0 Å². The molecule has 3 heteroatoms. The number of aliphatic hydroxyl groups is 1. The van der Waals surface area contributed by atoms with Gasteiger partial charge in [0.1, 0.15) is 0 Å². The maximum absolute atomic E-state index is 8.61. The molecule has 0 aliphatic heterocycles. The van der Waals surface area contributed by atoms with E-state index in [9.17, 15) is 0 Å². The van der Waals surface area contributed by atoms with Gasteiger partial charge in [-0.1, -0.05) is 20.8 Å². The Morgan fingerprint density at radius 2 is 2.00 bits per heavy atom. The van der Waals surface area contributed by atoms with Crippen LogP contribution in [0.15, 0.2) is 0 Å². The number of hydrogen-bond acceptors (Lipinski definition) is 3. The third-order valence-electron chi connectivity index (χ3n) is 1.80. The summed E-state index contributed by atoms with van der Waals surface area (Å²) in [4.78, 5) is 0. The van der Waals surface area contributed by atoms with Gasteiger partial charge in [-0.15, -0.1) is 0 Å². The molecule has 0 radical (unpaired) electrons. The van der Waals surface area contributed by atoms with Crippen molar-refractivity contribution in [2.24, 2.45) is 11.1 Å². The highest BCUT2D eigenvalue weighted by atomic mass is 32.2. The summed E-state index contributed by atoms with van der Waals surface area (Å²) in [5.41, 5.74) is 5.93. The van der Waals surface area contributed by atoms with Crippen LogP contribution in [0, 0.1) is 5.41 Å². The average Bonchev–Trinajstić information content (AvgIpc) is 1.95. The Balaban J connectivity index is 3.68. The molecular weight excluding hydrogens is 170 g/mol. The fourth-order valence-corrected chi connectivity index (χ4v) is 2.18. The van der Waals surface area contributed by atoms with Gasteiger partial charge in [-0.3, -0.25) is 0 Å². The quantitative estimate of drug-likeness (QED) is 0.647. The molecule has 1 unspecified atom stereocenters. The highest BCUT2D eigenvalue weighted by Gasteiger charge is 2.22. The summed E-state index contributed by atoms with van der Waals surface area (Å²) in [5, 5.41) is 9.11. The van der Waals surface area contributed by atoms with E-state index in [2.05, 4.69) is 20.8 Å². The standard InChI is InChI=1S/C9H21NOS/c1-9(2,3)8(7-10)12-6-4-5-11/h8,11H,4-7,10H2,1-3H3. The lowest BCUT2D eigenvalue weighted by Crippen LogP contribution is -2.31. The average molecular weight is 191 g/mol. The Hall–Kier alpha value is 0.270. The predicted octanol–water partition coefficient (Wildman–Crippen LogP) is 1.48. The molecule has 0 rings (SSSR count). The Morgan fingerprint density at radius 1 is 1.42 bits per heavy atom. The van der Waals surface area contributed by atoms with Crippen LogP contribution in [0.1, 0.15) is 27.2 Å². The first kappa shape index (κ1) is 12.3. The fourth-order valence-electron chi connectivity index (χ4n) is 0.962. The van der Waals surface area contributed by atoms with Crippen LogP contribution in [0.5, 0.6) is 0 Å². The molecule has 0 heterocycles. The van der Waals surface area contributed by atoms with E-state index in [1.165, 1.54) is 0 Å². The molecule has 0 amide bonds. The molecule has 2 nitrogen and oxygen atoms in total. The van der Waals surface area contributed by atoms with Crippen LogP contribution in [0.25, 0.3) is 0 Å². The molecule has 12 heavy (non-hydrogen) atoms. The molecule has 0 aromatic carbocycles. The second-order valence-corrected chi connectivity index (χ2v) is 5.35. The fraction of sp³-hybridized carbons (Fsp3) is 1.00. The summed E-state index contributed by atoms with van der Waals surface area (Å²) in [6.45, 7) is 7.62. The second-order valence-electron chi connectivity index (χ2n) is 4.04. The highest BCUT2D eigenvalue weighted by molar-refractivity contribution is 7.99. The van der Waals surface area contributed by atoms with Gasteiger partial charge in [-0.05, 0) is 17.6 Å². The molecule has 0 aliphatic rings. The summed E-state index contributed by atoms with van der Waals surface area (Å²) in [6.07, 6.45) is 0.872. The van der Waals surface area contributed by atoms with E-state index in [-0.39, 0.29) is 12.0 Å². The molecule has 0 bridgehead atoms. The Kier molecular flexibility index (Phi) is 5.97. The highest BCUT2D eigenvalue weighted by Crippen LogP contribution is 2.29. The lowest BCUT2D eigenvalue weighted by atomic mass is 9.92. The van der Waals surface area contributed by atoms with E-state index in [0.717, 1.165) is 18.7 Å². The summed E-state index contributed by atoms with van der Waals surface area (Å²) >= 11 is 1.87. The summed E-state index contributed by atoms with van der Waals surface area (Å²) in [6, 6.07) is 0. The zero-order valence-electron chi connectivity index (χ0n) is 8.34. The minimum absolute atomic E-state index is 0.273. The van der Waals surface area contributed by atoms with Crippen molar-refractivity contribution in [3.05, 3.63) is 0 Å². The van der Waals surface area contributed by atoms with Crippen molar-refractivity contribution in [3.63, 3.8) is 0 Å². The van der Waals surface area contributed by atoms with Crippen molar-refractivity contribution in [3.8, 4) is 0 Å². The van der Waals surface area contributed by atoms with Crippen LogP contribution >= 0.6 is 11.8 Å². The molecule has 0 saturated carbocycles. The molecule has 0 aromatic heterocycles. The van der Waals surface area contributed by atoms with Crippen LogP contribution < -0.4 is 5.73 Å². The van der Waals surface area contributed by atoms with E-state index in [4.69, 9.17) is 10.8 Å². The minimum atomic E-state index is 0.273. The van der Waals surface area contributed by atoms with Crippen molar-refractivity contribution in [1.82, 2.24) is 0 Å². The SMILES string of the molecule is CC(C)(C)C(CN)SCCCO. The maximum Gasteiger partial charge on any atom is 0.0438 e. The van der Waals surface area contributed by atoms with E-state index >= 15 is 0 Å². The van der Waals surface area contributed by atoms with Crippen molar-refractivity contribution in [2.45, 2.75) is 32.4 Å². The zero-order valence-corrected chi connectivity index (χ0v) is 9.16. The molecular formula is C9H21NOS. The normalized spacial score (nSPS) is 14.8. The molecule has 74 valence electrons. The molecule has 0 fully saturated rings. The molecule has 1 atom stereocenters. The topological polar surface area (TPSA) is 46.2 Å². The van der Waals surface area contributed by atoms with E-state index in [1.54, 1.807) is 0 Å². The second kappa shape index (κ2) is 5.84. The van der Waals surface area contributed by atoms with Crippen molar-refractivity contribution >= 4 is 11.8 Å². The monoisotopic (exact) mass is 191 g/mol. The van der Waals surface area contributed by atoms with Crippen LogP contribution in [0.2, 0.25) is 0 Å². The minimum Gasteiger partial charge on any atom is -0.396 e. The van der Waals surface area contributed by atoms with Gasteiger partial charge in [0, 0.05) is 18.4 Å². The largest absolute Gasteiger partial charge is 0.396 e. The lowest BCUT2D eigenvalue weighted by molar-refractivity contribution is 0.296. The number of aliphatic hydroxyl groups excluding tert-OH is 1. The number of hydrogen-bond donors (Lipinski definition) is 2. The number of nitrogens with two attached hydrogens (primary N) is 1. The van der Waals surface area contributed by atoms with Crippen molar-refractivity contribution in [2.75, 3.05) is 18.9 Å². The summed E-state index contributed by atoms with van der Waals surface area (Å²) in [5.74, 6) is 1.01. The Labute approximate surface area is 79.9 Å². The smallest absolute Gasteiger partial charge is 0.0438 e. The third kappa shape index (κ3) is 5.01. The zero-order chi connectivity index (χ0) is 9.61. The van der Waals surface area contributed by atoms with Gasteiger partial charge in [-0.2, -0.15) is 11.8 Å². The van der Waals surface area contributed by atoms with Crippen LogP contribution in [0.4, 0.5) is 0 Å². The first-order valence-electron chi connectivity index (χ1n) is 4.45. The van der Waals surface area contributed by atoms with Crippen molar-refractivity contribution in [1.29, 1.82) is 0 Å². The van der Waals surface area contributed by atoms with Crippen molar-refractivity contribution < 1.29 is 5.11 Å². The van der Waals surface area contributed by atoms with E-state index in [1.807, 2.05) is 11.8 Å². The first-order valence-corrected chi connectivity index (χ1v) is 5.49. The summed E-state index contributed by atoms with van der Waals surface area (Å²) in [7, 11) is 0. The third-order valence-corrected chi connectivity index (χ3v) is 3.63. The predicted molar refractivity (Wildman–Crippen MR) is 56.5 cm³/mol. The summed E-state index contributed by atoms with van der Waals surface area (Å²) < 4.78 is 0. The van der Waals surface area contributed by atoms with Gasteiger partial charge in [-0.25, -0.2) is 0 Å². The van der Waals surface area contributed by atoms with Crippen LogP contribution in [0.3, 0.4) is 0 Å². The molecule has 0 saturated heterocycles. The first-order chi connectivity index (χ1) is 5.52. The lowest BCUT2D eigenvalue weighted by Gasteiger charge is -2.28. The molecule has 0 aromatic rings. The van der Waals surface area contributed by atoms with Gasteiger partial charge in [0.2, 0.25) is 0 Å². The van der Waals surface area contributed by atoms with Gasteiger partial charge in [0.25, 0.3) is 0 Å². The van der Waals surface area contributed by atoms with E-state index < -0.39 is 0 Å². The Bertz CT molecular complexity index is 112. The van der Waals surface area contributed by atoms with Crippen LogP contribution in [-0.2, 0) is 0 Å². The van der Waals surface area contributed by atoms with Crippen LogP contribution in [-0.4, -0.2) is 29.3 Å². The van der Waals surface area contributed by atoms with Gasteiger partial charge >= 0.3 is 0 Å².